The molecule has 3 aromatic rings. The Labute approximate surface area is 226 Å². The van der Waals surface area contributed by atoms with Gasteiger partial charge in [-0.2, -0.15) is 0 Å². The number of hydrogen-bond acceptors (Lipinski definition) is 7. The number of thiazole rings is 1. The molecule has 0 amide bonds. The molecule has 0 N–H and O–H groups in total. The van der Waals surface area contributed by atoms with Gasteiger partial charge in [-0.15, -0.1) is 0 Å². The zero-order valence-electron chi connectivity index (χ0n) is 22.3. The summed E-state index contributed by atoms with van der Waals surface area (Å²) in [5.41, 5.74) is 3.53. The summed E-state index contributed by atoms with van der Waals surface area (Å²) in [5.74, 6) is 0.194. The molecule has 1 aliphatic heterocycles. The molecule has 7 nitrogen and oxygen atoms in total. The van der Waals surface area contributed by atoms with Gasteiger partial charge in [0.25, 0.3) is 5.56 Å². The summed E-state index contributed by atoms with van der Waals surface area (Å²) in [6.45, 7) is 13.9. The molecule has 0 saturated carbocycles. The van der Waals surface area contributed by atoms with Gasteiger partial charge in [-0.1, -0.05) is 48.3 Å². The van der Waals surface area contributed by atoms with E-state index in [0.717, 1.165) is 29.9 Å². The molecule has 38 heavy (non-hydrogen) atoms. The lowest BCUT2D eigenvalue weighted by Crippen LogP contribution is -2.39. The summed E-state index contributed by atoms with van der Waals surface area (Å²) in [6, 6.07) is 14.9. The van der Waals surface area contributed by atoms with E-state index in [0.29, 0.717) is 33.0 Å². The average Bonchev–Trinajstić information content (AvgIpc) is 3.22. The average molecular weight is 532 g/mol. The summed E-state index contributed by atoms with van der Waals surface area (Å²) in [4.78, 5) is 34.3. The Kier molecular flexibility index (Phi) is 8.63. The first-order valence-corrected chi connectivity index (χ1v) is 13.6. The van der Waals surface area contributed by atoms with Crippen LogP contribution in [0.1, 0.15) is 44.9 Å². The van der Waals surface area contributed by atoms with Gasteiger partial charge in [0.15, 0.2) is 4.80 Å². The smallest absolute Gasteiger partial charge is 0.338 e. The molecule has 0 radical (unpaired) electrons. The summed E-state index contributed by atoms with van der Waals surface area (Å²) in [6.07, 6.45) is 3.55. The van der Waals surface area contributed by atoms with Gasteiger partial charge in [0, 0.05) is 18.8 Å². The van der Waals surface area contributed by atoms with Gasteiger partial charge in [-0.3, -0.25) is 9.36 Å². The van der Waals surface area contributed by atoms with E-state index >= 15 is 0 Å². The largest absolute Gasteiger partial charge is 0.490 e. The Morgan fingerprint density at radius 3 is 2.39 bits per heavy atom. The Morgan fingerprint density at radius 1 is 1.11 bits per heavy atom. The second kappa shape index (κ2) is 12.1. The quantitative estimate of drug-likeness (QED) is 0.290. The molecule has 0 saturated heterocycles. The van der Waals surface area contributed by atoms with Crippen molar-refractivity contribution in [2.45, 2.75) is 33.7 Å². The minimum absolute atomic E-state index is 0.201. The minimum Gasteiger partial charge on any atom is -0.490 e. The number of allylic oxidation sites excluding steroid dienone is 1. The zero-order valence-corrected chi connectivity index (χ0v) is 23.1. The van der Waals surface area contributed by atoms with Crippen LogP contribution in [-0.4, -0.2) is 36.8 Å². The van der Waals surface area contributed by atoms with E-state index in [1.54, 1.807) is 24.5 Å². The van der Waals surface area contributed by atoms with Crippen LogP contribution in [0, 0.1) is 0 Å². The van der Waals surface area contributed by atoms with Gasteiger partial charge in [0.1, 0.15) is 12.4 Å². The molecular weight excluding hydrogens is 498 g/mol. The van der Waals surface area contributed by atoms with Crippen molar-refractivity contribution in [2.75, 3.05) is 31.2 Å². The number of carbonyl (C=O) groups is 1. The van der Waals surface area contributed by atoms with Gasteiger partial charge >= 0.3 is 5.97 Å². The number of fused-ring (bicyclic) bond motifs is 1. The monoisotopic (exact) mass is 531 g/mol. The number of benzene rings is 2. The first-order chi connectivity index (χ1) is 18.4. The molecule has 1 aromatic heterocycles. The van der Waals surface area contributed by atoms with Crippen molar-refractivity contribution in [3.8, 4) is 5.75 Å². The highest BCUT2D eigenvalue weighted by Crippen LogP contribution is 2.31. The number of aromatic nitrogens is 1. The number of ether oxygens (including phenoxy) is 2. The van der Waals surface area contributed by atoms with Crippen molar-refractivity contribution in [3.63, 3.8) is 0 Å². The minimum atomic E-state index is -0.661. The van der Waals surface area contributed by atoms with Crippen LogP contribution in [0.3, 0.4) is 0 Å². The highest BCUT2D eigenvalue weighted by Gasteiger charge is 2.33. The van der Waals surface area contributed by atoms with Crippen LogP contribution < -0.4 is 24.5 Å². The van der Waals surface area contributed by atoms with E-state index < -0.39 is 12.0 Å². The van der Waals surface area contributed by atoms with E-state index in [-0.39, 0.29) is 12.2 Å². The second-order valence-electron chi connectivity index (χ2n) is 8.73. The van der Waals surface area contributed by atoms with Crippen LogP contribution in [0.15, 0.2) is 82.2 Å². The van der Waals surface area contributed by atoms with Crippen LogP contribution in [0.4, 0.5) is 5.69 Å². The van der Waals surface area contributed by atoms with Gasteiger partial charge in [0.05, 0.1) is 28.5 Å². The Bertz CT molecular complexity index is 1510. The number of esters is 1. The molecule has 2 aromatic carbocycles. The van der Waals surface area contributed by atoms with E-state index in [2.05, 4.69) is 42.5 Å². The van der Waals surface area contributed by atoms with E-state index in [1.165, 1.54) is 11.3 Å². The molecule has 0 aliphatic carbocycles. The van der Waals surface area contributed by atoms with Crippen LogP contribution in [0.2, 0.25) is 0 Å². The fourth-order valence-electron chi connectivity index (χ4n) is 4.53. The molecule has 2 heterocycles. The lowest BCUT2D eigenvalue weighted by molar-refractivity contribution is -0.139. The Morgan fingerprint density at radius 2 is 1.79 bits per heavy atom. The van der Waals surface area contributed by atoms with Crippen LogP contribution in [0.25, 0.3) is 6.08 Å². The van der Waals surface area contributed by atoms with Crippen molar-refractivity contribution < 1.29 is 14.3 Å². The fraction of sp³-hybridized carbons (Fsp3) is 0.300. The summed E-state index contributed by atoms with van der Waals surface area (Å²) >= 11 is 1.32. The molecule has 0 bridgehead atoms. The van der Waals surface area contributed by atoms with Gasteiger partial charge in [-0.05, 0) is 69.2 Å². The van der Waals surface area contributed by atoms with Crippen molar-refractivity contribution in [2.24, 2.45) is 4.99 Å². The van der Waals surface area contributed by atoms with Crippen LogP contribution in [0.5, 0.6) is 5.75 Å². The maximum absolute atomic E-state index is 13.8. The lowest BCUT2D eigenvalue weighted by atomic mass is 9.96. The highest BCUT2D eigenvalue weighted by atomic mass is 32.1. The van der Waals surface area contributed by atoms with E-state index in [1.807, 2.05) is 42.5 Å². The first kappa shape index (κ1) is 27.1. The third-order valence-corrected chi connectivity index (χ3v) is 7.38. The third-order valence-electron chi connectivity index (χ3n) is 6.40. The van der Waals surface area contributed by atoms with Crippen molar-refractivity contribution in [3.05, 3.63) is 103 Å². The predicted molar refractivity (Wildman–Crippen MR) is 153 cm³/mol. The highest BCUT2D eigenvalue weighted by molar-refractivity contribution is 7.07. The third kappa shape index (κ3) is 5.50. The fourth-order valence-corrected chi connectivity index (χ4v) is 5.58. The van der Waals surface area contributed by atoms with Crippen molar-refractivity contribution in [1.29, 1.82) is 0 Å². The second-order valence-corrected chi connectivity index (χ2v) is 9.74. The molecule has 0 unspecified atom stereocenters. The molecular formula is C30H33N3O4S. The summed E-state index contributed by atoms with van der Waals surface area (Å²) < 4.78 is 13.1. The molecule has 0 spiro atoms. The SMILES string of the molecule is C=CCOc1ccc([C@H]2C(C(=O)OCC)=C(C)N=c3s/c(=C\c4ccc(N(CC)CC)cc4)c(=O)n32)cc1. The normalized spacial score (nSPS) is 15.1. The van der Waals surface area contributed by atoms with Crippen LogP contribution >= 0.6 is 11.3 Å². The summed E-state index contributed by atoms with van der Waals surface area (Å²) in [5, 5.41) is 0. The maximum Gasteiger partial charge on any atom is 0.338 e. The lowest BCUT2D eigenvalue weighted by Gasteiger charge is -2.24. The van der Waals surface area contributed by atoms with Crippen molar-refractivity contribution in [1.82, 2.24) is 4.57 Å². The molecule has 4 rings (SSSR count). The number of nitrogens with zero attached hydrogens (tertiary/aromatic N) is 3. The molecule has 0 fully saturated rings. The number of rotatable bonds is 10. The van der Waals surface area contributed by atoms with Gasteiger partial charge in [0.2, 0.25) is 0 Å². The first-order valence-electron chi connectivity index (χ1n) is 12.8. The van der Waals surface area contributed by atoms with E-state index in [9.17, 15) is 9.59 Å². The van der Waals surface area contributed by atoms with Gasteiger partial charge < -0.3 is 14.4 Å². The van der Waals surface area contributed by atoms with Crippen molar-refractivity contribution >= 4 is 29.1 Å². The Hall–Kier alpha value is -3.91. The predicted octanol–water partition coefficient (Wildman–Crippen LogP) is 4.21. The maximum atomic E-state index is 13.8. The van der Waals surface area contributed by atoms with E-state index in [4.69, 9.17) is 9.47 Å². The number of carbonyl (C=O) groups excluding carboxylic acids is 1. The number of anilines is 1. The number of hydrogen-bond donors (Lipinski definition) is 0. The molecule has 1 atom stereocenters. The zero-order chi connectivity index (χ0) is 27.2. The van der Waals surface area contributed by atoms with Gasteiger partial charge in [-0.25, -0.2) is 9.79 Å². The van der Waals surface area contributed by atoms with Crippen LogP contribution in [-0.2, 0) is 9.53 Å². The summed E-state index contributed by atoms with van der Waals surface area (Å²) in [7, 11) is 0. The molecule has 198 valence electrons. The topological polar surface area (TPSA) is 73.1 Å². The Balaban J connectivity index is 1.81. The standard InChI is InChI=1S/C30H33N3O4S/c1-6-18-37-24-16-12-22(13-17-24)27-26(29(35)36-9-4)20(5)31-30-33(27)28(34)25(38-30)19-21-10-14-23(15-11-21)32(7-2)8-3/h6,10-17,19,27H,1,7-9,18H2,2-5H3/b25-19-/t27-/m0/s1. The molecule has 8 heteroatoms. The molecule has 1 aliphatic rings.